The fraction of sp³-hybridized carbons (Fsp3) is 0.714. The van der Waals surface area contributed by atoms with Gasteiger partial charge in [-0.2, -0.15) is 4.98 Å². The highest BCUT2D eigenvalue weighted by atomic mass is 16.5. The molecule has 1 atom stereocenters. The molecule has 2 rings (SSSR count). The lowest BCUT2D eigenvalue weighted by Gasteiger charge is -2.39. The van der Waals surface area contributed by atoms with Gasteiger partial charge < -0.3 is 19.5 Å². The van der Waals surface area contributed by atoms with Crippen molar-refractivity contribution in [1.82, 2.24) is 20.4 Å². The molecule has 1 aliphatic heterocycles. The summed E-state index contributed by atoms with van der Waals surface area (Å²) in [6.45, 7) is 4.70. The minimum atomic E-state index is -0.997. The zero-order chi connectivity index (χ0) is 16.2. The molecule has 0 saturated carbocycles. The van der Waals surface area contributed by atoms with E-state index in [0.29, 0.717) is 37.7 Å². The Balaban J connectivity index is 1.90. The van der Waals surface area contributed by atoms with Crippen LogP contribution in [0.2, 0.25) is 0 Å². The molecule has 2 amide bonds. The first-order valence-electron chi connectivity index (χ1n) is 7.44. The molecule has 22 heavy (non-hydrogen) atoms. The molecule has 0 aliphatic carbocycles. The van der Waals surface area contributed by atoms with Gasteiger partial charge in [0.15, 0.2) is 11.4 Å². The predicted octanol–water partition coefficient (Wildman–Crippen LogP) is -0.0719. The first kappa shape index (κ1) is 16.4. The number of hydrogen-bond donors (Lipinski definition) is 1. The van der Waals surface area contributed by atoms with E-state index < -0.39 is 5.60 Å². The highest BCUT2D eigenvalue weighted by Crippen LogP contribution is 2.19. The van der Waals surface area contributed by atoms with Crippen LogP contribution in [0, 0.1) is 0 Å². The monoisotopic (exact) mass is 310 g/mol. The van der Waals surface area contributed by atoms with Crippen LogP contribution in [0.5, 0.6) is 0 Å². The lowest BCUT2D eigenvalue weighted by atomic mass is 10.0. The van der Waals surface area contributed by atoms with Gasteiger partial charge in [-0.3, -0.25) is 9.59 Å². The van der Waals surface area contributed by atoms with Gasteiger partial charge in [0, 0.05) is 32.9 Å². The van der Waals surface area contributed by atoms with Crippen LogP contribution >= 0.6 is 0 Å². The normalized spacial score (nSPS) is 21.7. The Labute approximate surface area is 129 Å². The van der Waals surface area contributed by atoms with Crippen molar-refractivity contribution < 1.29 is 18.8 Å². The van der Waals surface area contributed by atoms with E-state index in [9.17, 15) is 9.59 Å². The predicted molar refractivity (Wildman–Crippen MR) is 77.0 cm³/mol. The van der Waals surface area contributed by atoms with Crippen molar-refractivity contribution in [1.29, 1.82) is 0 Å². The van der Waals surface area contributed by atoms with Crippen LogP contribution < -0.4 is 5.32 Å². The number of carbonyl (C=O) groups is 2. The third-order valence-corrected chi connectivity index (χ3v) is 3.71. The molecule has 8 nitrogen and oxygen atoms in total. The minimum Gasteiger partial charge on any atom is -0.362 e. The van der Waals surface area contributed by atoms with E-state index in [-0.39, 0.29) is 24.8 Å². The molecule has 1 saturated heterocycles. The zero-order valence-corrected chi connectivity index (χ0v) is 13.2. The highest BCUT2D eigenvalue weighted by molar-refractivity contribution is 5.86. The Morgan fingerprint density at radius 3 is 2.86 bits per heavy atom. The molecule has 122 valence electrons. The van der Waals surface area contributed by atoms with Crippen LogP contribution in [0.1, 0.15) is 32.0 Å². The molecule has 1 N–H and O–H groups in total. The molecular formula is C14H22N4O4. The van der Waals surface area contributed by atoms with Crippen LogP contribution in [0.4, 0.5) is 0 Å². The van der Waals surface area contributed by atoms with Crippen LogP contribution in [0.15, 0.2) is 4.52 Å². The summed E-state index contributed by atoms with van der Waals surface area (Å²) in [6.07, 6.45) is 1.38. The fourth-order valence-corrected chi connectivity index (χ4v) is 2.39. The highest BCUT2D eigenvalue weighted by Gasteiger charge is 2.40. The van der Waals surface area contributed by atoms with Gasteiger partial charge in [0.05, 0.1) is 13.2 Å². The van der Waals surface area contributed by atoms with E-state index in [2.05, 4.69) is 15.5 Å². The van der Waals surface area contributed by atoms with Crippen molar-refractivity contribution in [3.05, 3.63) is 11.7 Å². The quantitative estimate of drug-likeness (QED) is 0.817. The number of hydrogen-bond acceptors (Lipinski definition) is 6. The Kier molecular flexibility index (Phi) is 5.12. The van der Waals surface area contributed by atoms with Crippen LogP contribution in [0.3, 0.4) is 0 Å². The second kappa shape index (κ2) is 6.87. The number of aryl methyl sites for hydroxylation is 2. The molecule has 0 radical (unpaired) electrons. The average Bonchev–Trinajstić information content (AvgIpc) is 2.99. The summed E-state index contributed by atoms with van der Waals surface area (Å²) in [6, 6.07) is 0. The van der Waals surface area contributed by atoms with Gasteiger partial charge in [-0.1, -0.05) is 12.1 Å². The number of aromatic nitrogens is 2. The second-order valence-corrected chi connectivity index (χ2v) is 5.43. The summed E-state index contributed by atoms with van der Waals surface area (Å²) >= 11 is 0. The lowest BCUT2D eigenvalue weighted by molar-refractivity contribution is -0.162. The number of nitrogens with zero attached hydrogens (tertiary/aromatic N) is 3. The van der Waals surface area contributed by atoms with Crippen molar-refractivity contribution >= 4 is 11.8 Å². The number of nitrogens with one attached hydrogen (secondary N) is 1. The first-order chi connectivity index (χ1) is 10.5. The molecule has 1 aromatic rings. The summed E-state index contributed by atoms with van der Waals surface area (Å²) in [4.78, 5) is 30.0. The van der Waals surface area contributed by atoms with E-state index in [1.54, 1.807) is 18.9 Å². The van der Waals surface area contributed by atoms with Gasteiger partial charge in [-0.05, 0) is 6.92 Å². The molecule has 0 unspecified atom stereocenters. The summed E-state index contributed by atoms with van der Waals surface area (Å²) in [7, 11) is 1.55. The molecule has 0 aromatic carbocycles. The molecule has 1 aromatic heterocycles. The van der Waals surface area contributed by atoms with Gasteiger partial charge in [0.25, 0.3) is 5.91 Å². The first-order valence-corrected chi connectivity index (χ1v) is 7.44. The largest absolute Gasteiger partial charge is 0.362 e. The zero-order valence-electron chi connectivity index (χ0n) is 13.2. The maximum Gasteiger partial charge on any atom is 0.253 e. The second-order valence-electron chi connectivity index (χ2n) is 5.43. The summed E-state index contributed by atoms with van der Waals surface area (Å²) in [5.74, 6) is 0.831. The van der Waals surface area contributed by atoms with E-state index in [1.165, 1.54) is 0 Å². The third-order valence-electron chi connectivity index (χ3n) is 3.71. The van der Waals surface area contributed by atoms with Gasteiger partial charge in [-0.15, -0.1) is 0 Å². The van der Waals surface area contributed by atoms with Crippen molar-refractivity contribution in [3.8, 4) is 0 Å². The van der Waals surface area contributed by atoms with Crippen molar-refractivity contribution in [2.45, 2.75) is 38.7 Å². The molecule has 1 fully saturated rings. The Bertz CT molecular complexity index is 545. The Hall–Kier alpha value is -1.96. The van der Waals surface area contributed by atoms with E-state index in [4.69, 9.17) is 9.26 Å². The van der Waals surface area contributed by atoms with Gasteiger partial charge in [0.1, 0.15) is 0 Å². The van der Waals surface area contributed by atoms with E-state index in [0.717, 1.165) is 0 Å². The summed E-state index contributed by atoms with van der Waals surface area (Å²) in [5.41, 5.74) is -0.997. The maximum absolute atomic E-state index is 12.3. The average molecular weight is 310 g/mol. The van der Waals surface area contributed by atoms with Gasteiger partial charge >= 0.3 is 0 Å². The Morgan fingerprint density at radius 1 is 1.45 bits per heavy atom. The van der Waals surface area contributed by atoms with Crippen molar-refractivity contribution in [2.24, 2.45) is 0 Å². The van der Waals surface area contributed by atoms with E-state index in [1.807, 2.05) is 6.92 Å². The van der Waals surface area contributed by atoms with Crippen molar-refractivity contribution in [2.75, 3.05) is 26.7 Å². The van der Waals surface area contributed by atoms with Crippen LogP contribution in [-0.4, -0.2) is 59.2 Å². The van der Waals surface area contributed by atoms with Gasteiger partial charge in [0.2, 0.25) is 11.8 Å². The number of amides is 2. The molecule has 0 spiro atoms. The molecule has 0 bridgehead atoms. The third kappa shape index (κ3) is 3.62. The Morgan fingerprint density at radius 2 is 2.23 bits per heavy atom. The molecule has 2 heterocycles. The fourth-order valence-electron chi connectivity index (χ4n) is 2.39. The molecule has 1 aliphatic rings. The van der Waals surface area contributed by atoms with Crippen molar-refractivity contribution in [3.63, 3.8) is 0 Å². The summed E-state index contributed by atoms with van der Waals surface area (Å²) < 4.78 is 10.6. The van der Waals surface area contributed by atoms with Gasteiger partial charge in [-0.25, -0.2) is 0 Å². The van der Waals surface area contributed by atoms with E-state index >= 15 is 0 Å². The number of morpholine rings is 1. The minimum absolute atomic E-state index is 0.0466. The van der Waals surface area contributed by atoms with Crippen LogP contribution in [0.25, 0.3) is 0 Å². The lowest BCUT2D eigenvalue weighted by Crippen LogP contribution is -2.58. The molecular weight excluding hydrogens is 288 g/mol. The number of ether oxygens (including phenoxy) is 1. The molecule has 8 heteroatoms. The van der Waals surface area contributed by atoms with Crippen LogP contribution in [-0.2, 0) is 27.2 Å². The number of likely N-dealkylation sites (N-methyl/N-ethyl adjacent to an activating group) is 1. The number of rotatable bonds is 5. The maximum atomic E-state index is 12.3. The summed E-state index contributed by atoms with van der Waals surface area (Å²) in [5, 5.41) is 6.37. The topological polar surface area (TPSA) is 97.6 Å². The smallest absolute Gasteiger partial charge is 0.253 e. The number of carbonyl (C=O) groups excluding carboxylic acids is 2. The standard InChI is InChI=1S/C14H22N4O4/c1-4-10-16-11(22-17-10)5-6-12(19)18-7-8-21-14(2,9-18)13(20)15-3/h4-9H2,1-3H3,(H,15,20)/t14-/m0/s1. The SMILES string of the molecule is CCc1noc(CCC(=O)N2CCO[C@](C)(C(=O)NC)C2)n1.